The molecule has 82 valence electrons. The zero-order chi connectivity index (χ0) is 11.3. The molecule has 0 bridgehead atoms. The number of carboxylic acids is 1. The molecule has 0 spiro atoms. The van der Waals surface area contributed by atoms with Crippen molar-refractivity contribution in [2.75, 3.05) is 0 Å². The Hall–Kier alpha value is 0.730. The first-order valence-corrected chi connectivity index (χ1v) is 5.52. The minimum atomic E-state index is -5.05. The molecular weight excluding hydrogens is 253 g/mol. The number of aliphatic carboxylic acids is 1. The van der Waals surface area contributed by atoms with Gasteiger partial charge in [-0.25, -0.2) is 9.13 Å². The summed E-state index contributed by atoms with van der Waals surface area (Å²) in [6.07, 6.45) is 0. The molecule has 0 rings (SSSR count). The minimum absolute atomic E-state index is 0. The quantitative estimate of drug-likeness (QED) is 0.298. The van der Waals surface area contributed by atoms with Crippen LogP contribution >= 0.6 is 15.6 Å². The van der Waals surface area contributed by atoms with Crippen LogP contribution in [0.1, 0.15) is 6.92 Å². The van der Waals surface area contributed by atoms with Crippen LogP contribution in [0.4, 0.5) is 0 Å². The van der Waals surface area contributed by atoms with E-state index in [1.165, 1.54) is 0 Å². The van der Waals surface area contributed by atoms with Gasteiger partial charge in [-0.15, -0.1) is 0 Å². The Kier molecular flexibility index (Phi) is 11.5. The molecule has 0 aliphatic rings. The number of carboxylic acid groups (broad SMARTS) is 1. The molecule has 0 saturated carbocycles. The Balaban J connectivity index is -0.000000209. The van der Waals surface area contributed by atoms with E-state index in [1.54, 1.807) is 0 Å². The number of hydrogen-bond donors (Lipinski definition) is 5. The van der Waals surface area contributed by atoms with Gasteiger partial charge >= 0.3 is 45.2 Å². The van der Waals surface area contributed by atoms with Crippen molar-refractivity contribution in [2.24, 2.45) is 0 Å². The molecule has 9 nitrogen and oxygen atoms in total. The van der Waals surface area contributed by atoms with E-state index in [0.717, 1.165) is 6.92 Å². The molecule has 0 atom stereocenters. The van der Waals surface area contributed by atoms with Crippen LogP contribution in [0.15, 0.2) is 0 Å². The summed E-state index contributed by atoms with van der Waals surface area (Å²) in [5, 5.41) is 7.42. The number of hydrogen-bond acceptors (Lipinski definition) is 4. The first-order valence-electron chi connectivity index (χ1n) is 2.46. The van der Waals surface area contributed by atoms with Crippen molar-refractivity contribution >= 4 is 51.2 Å². The molecule has 12 heteroatoms. The fourth-order valence-electron chi connectivity index (χ4n) is 0.139. The first-order chi connectivity index (χ1) is 5.44. The third kappa shape index (κ3) is 38.7. The van der Waals surface area contributed by atoms with E-state index in [1.807, 2.05) is 0 Å². The molecule has 0 aromatic rings. The Bertz CT molecular complexity index is 226. The predicted octanol–water partition coefficient (Wildman–Crippen LogP) is -1.37. The summed E-state index contributed by atoms with van der Waals surface area (Å²) < 4.78 is 22.2. The molecule has 0 fully saturated rings. The molecular formula is C2H9NaO9P2. The van der Waals surface area contributed by atoms with Gasteiger partial charge in [-0.05, 0) is 0 Å². The zero-order valence-corrected chi connectivity index (χ0v) is 8.05. The molecule has 0 heterocycles. The van der Waals surface area contributed by atoms with Gasteiger partial charge in [-0.2, -0.15) is 4.31 Å². The number of phosphoric acid groups is 2. The van der Waals surface area contributed by atoms with Crippen molar-refractivity contribution < 1.29 is 42.9 Å². The molecule has 14 heavy (non-hydrogen) atoms. The maximum absolute atomic E-state index is 9.63. The van der Waals surface area contributed by atoms with Gasteiger partial charge < -0.3 is 24.7 Å². The van der Waals surface area contributed by atoms with Crippen LogP contribution in [-0.4, -0.2) is 60.2 Å². The predicted molar refractivity (Wildman–Crippen MR) is 45.6 cm³/mol. The van der Waals surface area contributed by atoms with Gasteiger partial charge in [-0.3, -0.25) is 4.79 Å². The number of rotatable bonds is 2. The molecule has 0 saturated heterocycles. The number of carbonyl (C=O) groups is 1. The Labute approximate surface area is 101 Å². The van der Waals surface area contributed by atoms with E-state index in [4.69, 9.17) is 29.5 Å². The molecule has 0 unspecified atom stereocenters. The van der Waals surface area contributed by atoms with E-state index < -0.39 is 21.6 Å². The SMILES string of the molecule is CC(=O)O.O=P(O)(O)OP(=O)(O)O.[NaH]. The monoisotopic (exact) mass is 262 g/mol. The fraction of sp³-hybridized carbons (Fsp3) is 0.500. The van der Waals surface area contributed by atoms with Gasteiger partial charge in [0.05, 0.1) is 0 Å². The van der Waals surface area contributed by atoms with Crippen LogP contribution in [0.2, 0.25) is 0 Å². The van der Waals surface area contributed by atoms with Gasteiger partial charge in [0.15, 0.2) is 0 Å². The summed E-state index contributed by atoms with van der Waals surface area (Å²) in [5.41, 5.74) is 0. The van der Waals surface area contributed by atoms with Crippen LogP contribution < -0.4 is 0 Å². The van der Waals surface area contributed by atoms with E-state index in [0.29, 0.717) is 0 Å². The van der Waals surface area contributed by atoms with Crippen molar-refractivity contribution in [1.82, 2.24) is 0 Å². The van der Waals surface area contributed by atoms with E-state index in [-0.39, 0.29) is 29.6 Å². The summed E-state index contributed by atoms with van der Waals surface area (Å²) in [6, 6.07) is 0. The van der Waals surface area contributed by atoms with Gasteiger partial charge in [0.1, 0.15) is 0 Å². The van der Waals surface area contributed by atoms with Crippen molar-refractivity contribution in [3.63, 3.8) is 0 Å². The first kappa shape index (κ1) is 20.2. The third-order valence-corrected chi connectivity index (χ3v) is 1.91. The molecule has 0 aliphatic heterocycles. The zero-order valence-electron chi connectivity index (χ0n) is 6.26. The molecule has 0 radical (unpaired) electrons. The average Bonchev–Trinajstić information content (AvgIpc) is 1.47. The van der Waals surface area contributed by atoms with E-state index in [9.17, 15) is 9.13 Å². The standard InChI is InChI=1S/C2H4O2.Na.H4O7P2.H/c1-2(3)4;;1-8(2,3)7-9(4,5)6;/h1H3,(H,3,4);;(H2,1,2,3)(H2,4,5,6);. The molecule has 0 aliphatic carbocycles. The second kappa shape index (κ2) is 7.95. The normalized spacial score (nSPS) is 10.6. The van der Waals surface area contributed by atoms with E-state index >= 15 is 0 Å². The second-order valence-corrected chi connectivity index (χ2v) is 4.20. The summed E-state index contributed by atoms with van der Waals surface area (Å²) in [7, 11) is -10.1. The van der Waals surface area contributed by atoms with Crippen molar-refractivity contribution in [3.05, 3.63) is 0 Å². The van der Waals surface area contributed by atoms with E-state index in [2.05, 4.69) is 4.31 Å². The molecule has 0 aromatic carbocycles. The summed E-state index contributed by atoms with van der Waals surface area (Å²) in [5.74, 6) is -0.833. The summed E-state index contributed by atoms with van der Waals surface area (Å²) in [4.78, 5) is 40.0. The second-order valence-electron chi connectivity index (χ2n) is 1.58. The van der Waals surface area contributed by atoms with Gasteiger partial charge in [0.25, 0.3) is 5.97 Å². The molecule has 0 aromatic heterocycles. The molecule has 0 amide bonds. The van der Waals surface area contributed by atoms with Crippen LogP contribution in [0.3, 0.4) is 0 Å². The fourth-order valence-corrected chi connectivity index (χ4v) is 1.25. The Morgan fingerprint density at radius 3 is 1.21 bits per heavy atom. The summed E-state index contributed by atoms with van der Waals surface area (Å²) >= 11 is 0. The van der Waals surface area contributed by atoms with Crippen molar-refractivity contribution in [2.45, 2.75) is 6.92 Å². The van der Waals surface area contributed by atoms with Gasteiger partial charge in [0, 0.05) is 6.92 Å². The Morgan fingerprint density at radius 2 is 1.21 bits per heavy atom. The van der Waals surface area contributed by atoms with Crippen molar-refractivity contribution in [1.29, 1.82) is 0 Å². The van der Waals surface area contributed by atoms with Gasteiger partial charge in [0.2, 0.25) is 0 Å². The maximum atomic E-state index is 9.63. The molecule has 5 N–H and O–H groups in total. The van der Waals surface area contributed by atoms with Crippen LogP contribution in [0, 0.1) is 0 Å². The third-order valence-electron chi connectivity index (χ3n) is 0.213. The van der Waals surface area contributed by atoms with Crippen LogP contribution in [0.5, 0.6) is 0 Å². The van der Waals surface area contributed by atoms with Crippen LogP contribution in [-0.2, 0) is 18.2 Å². The van der Waals surface area contributed by atoms with Crippen molar-refractivity contribution in [3.8, 4) is 0 Å². The average molecular weight is 262 g/mol. The topological polar surface area (TPSA) is 162 Å². The summed E-state index contributed by atoms with van der Waals surface area (Å²) in [6.45, 7) is 1.08. The Morgan fingerprint density at radius 1 is 1.07 bits per heavy atom. The van der Waals surface area contributed by atoms with Crippen LogP contribution in [0.25, 0.3) is 0 Å². The van der Waals surface area contributed by atoms with Gasteiger partial charge in [-0.1, -0.05) is 0 Å².